The van der Waals surface area contributed by atoms with Crippen molar-refractivity contribution < 1.29 is 18.7 Å². The van der Waals surface area contributed by atoms with E-state index in [9.17, 15) is 9.18 Å². The van der Waals surface area contributed by atoms with Gasteiger partial charge in [0.1, 0.15) is 23.9 Å². The molecule has 1 atom stereocenters. The van der Waals surface area contributed by atoms with Gasteiger partial charge in [0.05, 0.1) is 6.54 Å². The fourth-order valence-corrected chi connectivity index (χ4v) is 2.13. The zero-order valence-electron chi connectivity index (χ0n) is 14.1. The minimum Gasteiger partial charge on any atom is -0.491 e. The average molecular weight is 331 g/mol. The highest BCUT2D eigenvalue weighted by molar-refractivity contribution is 5.80. The largest absolute Gasteiger partial charge is 0.491 e. The molecule has 24 heavy (non-hydrogen) atoms. The first-order valence-corrected chi connectivity index (χ1v) is 7.86. The first-order chi connectivity index (χ1) is 11.5. The lowest BCUT2D eigenvalue weighted by molar-refractivity contribution is -0.127. The molecule has 0 fully saturated rings. The van der Waals surface area contributed by atoms with Crippen LogP contribution in [0.15, 0.2) is 42.5 Å². The number of carbonyl (C=O) groups excluding carboxylic acids is 1. The van der Waals surface area contributed by atoms with E-state index in [-0.39, 0.29) is 11.7 Å². The lowest BCUT2D eigenvalue weighted by Gasteiger charge is -2.15. The molecule has 1 amide bonds. The van der Waals surface area contributed by atoms with Crippen molar-refractivity contribution in [3.63, 3.8) is 0 Å². The molecule has 2 rings (SSSR count). The second kappa shape index (κ2) is 8.34. The van der Waals surface area contributed by atoms with Crippen LogP contribution < -0.4 is 14.8 Å². The quantitative estimate of drug-likeness (QED) is 0.791. The number of nitrogens with one attached hydrogen (secondary N) is 1. The summed E-state index contributed by atoms with van der Waals surface area (Å²) in [6.45, 7) is 6.42. The van der Waals surface area contributed by atoms with Crippen molar-refractivity contribution in [3.05, 3.63) is 59.4 Å². The van der Waals surface area contributed by atoms with Crippen molar-refractivity contribution in [2.24, 2.45) is 0 Å². The molecule has 0 spiro atoms. The van der Waals surface area contributed by atoms with Crippen LogP contribution >= 0.6 is 0 Å². The summed E-state index contributed by atoms with van der Waals surface area (Å²) in [7, 11) is 0. The lowest BCUT2D eigenvalue weighted by atomic mass is 10.1. The Morgan fingerprint density at radius 3 is 2.58 bits per heavy atom. The fourth-order valence-electron chi connectivity index (χ4n) is 2.13. The van der Waals surface area contributed by atoms with Crippen LogP contribution in [0.3, 0.4) is 0 Å². The van der Waals surface area contributed by atoms with Gasteiger partial charge in [0.25, 0.3) is 5.91 Å². The van der Waals surface area contributed by atoms with Crippen LogP contribution in [0, 0.1) is 19.7 Å². The maximum Gasteiger partial charge on any atom is 0.260 e. The highest BCUT2D eigenvalue weighted by atomic mass is 19.1. The number of carbonyl (C=O) groups is 1. The van der Waals surface area contributed by atoms with Gasteiger partial charge in [0, 0.05) is 0 Å². The van der Waals surface area contributed by atoms with Gasteiger partial charge in [-0.05, 0) is 62.2 Å². The summed E-state index contributed by atoms with van der Waals surface area (Å²) in [4.78, 5) is 12.0. The van der Waals surface area contributed by atoms with E-state index in [2.05, 4.69) is 5.32 Å². The van der Waals surface area contributed by atoms with Crippen molar-refractivity contribution in [2.45, 2.75) is 26.9 Å². The Labute approximate surface area is 141 Å². The molecule has 0 aliphatic heterocycles. The third-order valence-electron chi connectivity index (χ3n) is 3.71. The normalized spacial score (nSPS) is 11.7. The van der Waals surface area contributed by atoms with E-state index in [0.717, 1.165) is 16.9 Å². The standard InChI is InChI=1S/C19H22FNO3/c1-13-5-4-6-18(14(13)2)23-12-11-21-19(22)15(3)24-17-9-7-16(20)8-10-17/h4-10,15H,11-12H2,1-3H3,(H,21,22)/t15-/m1/s1. The Morgan fingerprint density at radius 1 is 1.17 bits per heavy atom. The zero-order chi connectivity index (χ0) is 17.5. The summed E-state index contributed by atoms with van der Waals surface area (Å²) < 4.78 is 24.0. The molecular weight excluding hydrogens is 309 g/mol. The number of ether oxygens (including phenoxy) is 2. The molecule has 0 aromatic heterocycles. The highest BCUT2D eigenvalue weighted by Gasteiger charge is 2.14. The van der Waals surface area contributed by atoms with Crippen LogP contribution in [0.2, 0.25) is 0 Å². The summed E-state index contributed by atoms with van der Waals surface area (Å²) in [5.74, 6) is 0.678. The van der Waals surface area contributed by atoms with Crippen LogP contribution in [0.5, 0.6) is 11.5 Å². The highest BCUT2D eigenvalue weighted by Crippen LogP contribution is 2.20. The van der Waals surface area contributed by atoms with Gasteiger partial charge >= 0.3 is 0 Å². The van der Waals surface area contributed by atoms with Crippen LogP contribution in [0.25, 0.3) is 0 Å². The molecule has 0 aliphatic rings. The molecule has 0 saturated heterocycles. The smallest absolute Gasteiger partial charge is 0.260 e. The average Bonchev–Trinajstić information content (AvgIpc) is 2.57. The van der Waals surface area contributed by atoms with Gasteiger partial charge in [0.15, 0.2) is 6.10 Å². The lowest BCUT2D eigenvalue weighted by Crippen LogP contribution is -2.38. The van der Waals surface area contributed by atoms with Gasteiger partial charge < -0.3 is 14.8 Å². The van der Waals surface area contributed by atoms with E-state index >= 15 is 0 Å². The Kier molecular flexibility index (Phi) is 6.18. The van der Waals surface area contributed by atoms with Crippen LogP contribution in [-0.4, -0.2) is 25.2 Å². The van der Waals surface area contributed by atoms with Crippen molar-refractivity contribution >= 4 is 5.91 Å². The minimum absolute atomic E-state index is 0.246. The molecule has 0 aliphatic carbocycles. The summed E-state index contributed by atoms with van der Waals surface area (Å²) in [5, 5.41) is 2.76. The SMILES string of the molecule is Cc1cccc(OCCNC(=O)[C@@H](C)Oc2ccc(F)cc2)c1C. The molecule has 5 heteroatoms. The topological polar surface area (TPSA) is 47.6 Å². The number of halogens is 1. The van der Waals surface area contributed by atoms with E-state index in [1.807, 2.05) is 32.0 Å². The summed E-state index contributed by atoms with van der Waals surface area (Å²) in [6.07, 6.45) is -0.670. The van der Waals surface area contributed by atoms with Crippen LogP contribution in [-0.2, 0) is 4.79 Å². The van der Waals surface area contributed by atoms with E-state index in [1.165, 1.54) is 24.3 Å². The molecule has 2 aromatic carbocycles. The van der Waals surface area contributed by atoms with Gasteiger partial charge in [-0.2, -0.15) is 0 Å². The monoisotopic (exact) mass is 331 g/mol. The number of rotatable bonds is 7. The Balaban J connectivity index is 1.74. The molecule has 128 valence electrons. The molecular formula is C19H22FNO3. The Hall–Kier alpha value is -2.56. The van der Waals surface area contributed by atoms with Gasteiger partial charge in [-0.1, -0.05) is 12.1 Å². The van der Waals surface area contributed by atoms with Crippen LogP contribution in [0.1, 0.15) is 18.1 Å². The summed E-state index contributed by atoms with van der Waals surface area (Å²) in [5.41, 5.74) is 2.26. The molecule has 0 radical (unpaired) electrons. The van der Waals surface area contributed by atoms with Crippen molar-refractivity contribution in [3.8, 4) is 11.5 Å². The predicted molar refractivity (Wildman–Crippen MR) is 90.9 cm³/mol. The number of amides is 1. The first kappa shape index (κ1) is 17.8. The van der Waals surface area contributed by atoms with E-state index in [1.54, 1.807) is 6.92 Å². The van der Waals surface area contributed by atoms with E-state index < -0.39 is 6.10 Å². The Morgan fingerprint density at radius 2 is 1.88 bits per heavy atom. The van der Waals surface area contributed by atoms with Crippen molar-refractivity contribution in [1.82, 2.24) is 5.32 Å². The van der Waals surface area contributed by atoms with E-state index in [4.69, 9.17) is 9.47 Å². The molecule has 0 unspecified atom stereocenters. The molecule has 4 nitrogen and oxygen atoms in total. The molecule has 2 aromatic rings. The predicted octanol–water partition coefficient (Wildman–Crippen LogP) is 3.41. The minimum atomic E-state index is -0.670. The molecule has 0 bridgehead atoms. The van der Waals surface area contributed by atoms with Gasteiger partial charge in [-0.15, -0.1) is 0 Å². The molecule has 0 heterocycles. The maximum absolute atomic E-state index is 12.8. The Bertz CT molecular complexity index is 686. The zero-order valence-corrected chi connectivity index (χ0v) is 14.1. The van der Waals surface area contributed by atoms with Crippen molar-refractivity contribution in [2.75, 3.05) is 13.2 Å². The number of hydrogen-bond acceptors (Lipinski definition) is 3. The number of aryl methyl sites for hydroxylation is 1. The third kappa shape index (κ3) is 4.98. The second-order valence-corrected chi connectivity index (χ2v) is 5.55. The molecule has 1 N–H and O–H groups in total. The van der Waals surface area contributed by atoms with Gasteiger partial charge in [-0.25, -0.2) is 4.39 Å². The van der Waals surface area contributed by atoms with Crippen LogP contribution in [0.4, 0.5) is 4.39 Å². The van der Waals surface area contributed by atoms with Gasteiger partial charge in [-0.3, -0.25) is 4.79 Å². The number of hydrogen-bond donors (Lipinski definition) is 1. The van der Waals surface area contributed by atoms with Gasteiger partial charge in [0.2, 0.25) is 0 Å². The fraction of sp³-hybridized carbons (Fsp3) is 0.316. The molecule has 0 saturated carbocycles. The van der Waals surface area contributed by atoms with Crippen molar-refractivity contribution in [1.29, 1.82) is 0 Å². The summed E-state index contributed by atoms with van der Waals surface area (Å²) in [6, 6.07) is 11.4. The van der Waals surface area contributed by atoms with E-state index in [0.29, 0.717) is 18.9 Å². The first-order valence-electron chi connectivity index (χ1n) is 7.86. The third-order valence-corrected chi connectivity index (χ3v) is 3.71. The number of benzene rings is 2. The summed E-state index contributed by atoms with van der Waals surface area (Å²) >= 11 is 0. The second-order valence-electron chi connectivity index (χ2n) is 5.55. The maximum atomic E-state index is 12.8.